The Labute approximate surface area is 123 Å². The monoisotopic (exact) mass is 299 g/mol. The van der Waals surface area contributed by atoms with E-state index in [2.05, 4.69) is 4.90 Å². The highest BCUT2D eigenvalue weighted by atomic mass is 35.5. The predicted octanol–water partition coefficient (Wildman–Crippen LogP) is 2.61. The summed E-state index contributed by atoms with van der Waals surface area (Å²) in [7, 11) is 0. The zero-order valence-electron chi connectivity index (χ0n) is 11.6. The van der Waals surface area contributed by atoms with Crippen molar-refractivity contribution in [3.8, 4) is 11.5 Å². The molecule has 1 N–H and O–H groups in total. The largest absolute Gasteiger partial charge is 0.481 e. The molecular weight excluding hydrogens is 282 g/mol. The van der Waals surface area contributed by atoms with Gasteiger partial charge >= 0.3 is 5.97 Å². The molecule has 1 aromatic carbocycles. The van der Waals surface area contributed by atoms with E-state index >= 15 is 0 Å². The van der Waals surface area contributed by atoms with Crippen molar-refractivity contribution in [2.75, 3.05) is 19.9 Å². The van der Waals surface area contributed by atoms with Crippen LogP contribution in [0.4, 0.5) is 0 Å². The molecule has 0 spiro atoms. The Balaban J connectivity index is 2.08. The van der Waals surface area contributed by atoms with E-state index in [0.29, 0.717) is 29.6 Å². The molecule has 110 valence electrons. The smallest absolute Gasteiger partial charge is 0.307 e. The van der Waals surface area contributed by atoms with Crippen LogP contribution >= 0.6 is 11.6 Å². The van der Waals surface area contributed by atoms with Crippen molar-refractivity contribution in [3.05, 3.63) is 22.7 Å². The normalized spacial score (nSPS) is 14.6. The molecule has 6 heteroatoms. The zero-order chi connectivity index (χ0) is 14.7. The van der Waals surface area contributed by atoms with Gasteiger partial charge in [-0.05, 0) is 24.2 Å². The lowest BCUT2D eigenvalue weighted by molar-refractivity contribution is -0.141. The lowest BCUT2D eigenvalue weighted by Gasteiger charge is -2.22. The van der Waals surface area contributed by atoms with E-state index in [0.717, 1.165) is 12.1 Å². The number of hydrogen-bond donors (Lipinski definition) is 1. The van der Waals surface area contributed by atoms with Gasteiger partial charge < -0.3 is 14.6 Å². The molecule has 0 fully saturated rings. The maximum absolute atomic E-state index is 10.9. The fourth-order valence-electron chi connectivity index (χ4n) is 2.14. The third-order valence-electron chi connectivity index (χ3n) is 3.29. The van der Waals surface area contributed by atoms with Gasteiger partial charge in [0.25, 0.3) is 0 Å². The summed E-state index contributed by atoms with van der Waals surface area (Å²) in [6.45, 7) is 5.79. The second-order valence-electron chi connectivity index (χ2n) is 4.88. The summed E-state index contributed by atoms with van der Waals surface area (Å²) in [6.07, 6.45) is 0. The van der Waals surface area contributed by atoms with Crippen LogP contribution in [0.3, 0.4) is 0 Å². The highest BCUT2D eigenvalue weighted by molar-refractivity contribution is 6.32. The van der Waals surface area contributed by atoms with Gasteiger partial charge in [0.1, 0.15) is 0 Å². The number of nitrogens with zero attached hydrogens (tertiary/aromatic N) is 1. The number of fused-ring (bicyclic) bond motifs is 1. The number of halogens is 1. The molecule has 0 radical (unpaired) electrons. The van der Waals surface area contributed by atoms with Crippen LogP contribution in [0.1, 0.15) is 19.4 Å². The van der Waals surface area contributed by atoms with Crippen LogP contribution in [0.15, 0.2) is 12.1 Å². The van der Waals surface area contributed by atoms with Crippen molar-refractivity contribution < 1.29 is 19.4 Å². The molecule has 20 heavy (non-hydrogen) atoms. The summed E-state index contributed by atoms with van der Waals surface area (Å²) in [5, 5.41) is 9.50. The summed E-state index contributed by atoms with van der Waals surface area (Å²) in [5.41, 5.74) is 0.985. The molecule has 1 unspecified atom stereocenters. The first-order valence-corrected chi connectivity index (χ1v) is 6.92. The molecule has 0 aliphatic carbocycles. The topological polar surface area (TPSA) is 59.0 Å². The predicted molar refractivity (Wildman–Crippen MR) is 75.3 cm³/mol. The fraction of sp³-hybridized carbons (Fsp3) is 0.500. The number of hydrogen-bond acceptors (Lipinski definition) is 4. The summed E-state index contributed by atoms with van der Waals surface area (Å²) < 4.78 is 10.6. The lowest BCUT2D eigenvalue weighted by Crippen LogP contribution is -2.31. The maximum Gasteiger partial charge on any atom is 0.307 e. The summed E-state index contributed by atoms with van der Waals surface area (Å²) in [5.74, 6) is 0.0406. The van der Waals surface area contributed by atoms with Gasteiger partial charge in [0, 0.05) is 13.1 Å². The zero-order valence-corrected chi connectivity index (χ0v) is 12.3. The lowest BCUT2D eigenvalue weighted by atomic mass is 10.1. The average molecular weight is 300 g/mol. The van der Waals surface area contributed by atoms with Gasteiger partial charge in [-0.3, -0.25) is 9.69 Å². The van der Waals surface area contributed by atoms with Crippen molar-refractivity contribution in [3.63, 3.8) is 0 Å². The average Bonchev–Trinajstić information content (AvgIpc) is 2.86. The molecule has 1 heterocycles. The third-order valence-corrected chi connectivity index (χ3v) is 3.57. The molecule has 0 saturated heterocycles. The van der Waals surface area contributed by atoms with E-state index in [1.165, 1.54) is 0 Å². The number of carboxylic acids is 1. The highest BCUT2D eigenvalue weighted by Gasteiger charge is 2.20. The van der Waals surface area contributed by atoms with Crippen LogP contribution in [0, 0.1) is 5.92 Å². The molecule has 1 aliphatic rings. The van der Waals surface area contributed by atoms with Crippen LogP contribution in [0.2, 0.25) is 5.02 Å². The second kappa shape index (κ2) is 6.33. The van der Waals surface area contributed by atoms with E-state index in [1.54, 1.807) is 6.92 Å². The number of aliphatic carboxylic acids is 1. The van der Waals surface area contributed by atoms with Crippen LogP contribution in [0.25, 0.3) is 0 Å². The SMILES string of the molecule is CCN(Cc1cc(Cl)c2c(c1)OCO2)CC(C)C(=O)O. The Morgan fingerprint density at radius 3 is 2.90 bits per heavy atom. The summed E-state index contributed by atoms with van der Waals surface area (Å²) in [6, 6.07) is 3.73. The Bertz CT molecular complexity index is 506. The van der Waals surface area contributed by atoms with Gasteiger partial charge in [0.2, 0.25) is 6.79 Å². The summed E-state index contributed by atoms with van der Waals surface area (Å²) in [4.78, 5) is 13.0. The number of benzene rings is 1. The number of carbonyl (C=O) groups is 1. The van der Waals surface area contributed by atoms with Gasteiger partial charge in [-0.2, -0.15) is 0 Å². The van der Waals surface area contributed by atoms with Gasteiger partial charge in [-0.15, -0.1) is 0 Å². The molecule has 0 bridgehead atoms. The highest BCUT2D eigenvalue weighted by Crippen LogP contribution is 2.40. The molecule has 1 atom stereocenters. The first kappa shape index (κ1) is 14.9. The van der Waals surface area contributed by atoms with Gasteiger partial charge in [-0.1, -0.05) is 25.4 Å². The minimum Gasteiger partial charge on any atom is -0.481 e. The van der Waals surface area contributed by atoms with Gasteiger partial charge in [0.15, 0.2) is 11.5 Å². The Morgan fingerprint density at radius 2 is 2.25 bits per heavy atom. The van der Waals surface area contributed by atoms with E-state index in [-0.39, 0.29) is 6.79 Å². The quantitative estimate of drug-likeness (QED) is 0.875. The first-order valence-electron chi connectivity index (χ1n) is 6.54. The van der Waals surface area contributed by atoms with Crippen molar-refractivity contribution in [2.24, 2.45) is 5.92 Å². The second-order valence-corrected chi connectivity index (χ2v) is 5.29. The number of rotatable bonds is 6. The summed E-state index contributed by atoms with van der Waals surface area (Å²) >= 11 is 6.14. The standard InChI is InChI=1S/C14H18ClNO4/c1-3-16(6-9(2)14(17)18)7-10-4-11(15)13-12(5-10)19-8-20-13/h4-5,9H,3,6-8H2,1-2H3,(H,17,18). The fourth-order valence-corrected chi connectivity index (χ4v) is 2.43. The van der Waals surface area contributed by atoms with Crippen LogP contribution in [-0.2, 0) is 11.3 Å². The molecule has 1 aromatic rings. The third kappa shape index (κ3) is 3.35. The number of carboxylic acid groups (broad SMARTS) is 1. The van der Waals surface area contributed by atoms with Crippen molar-refractivity contribution in [2.45, 2.75) is 20.4 Å². The molecule has 5 nitrogen and oxygen atoms in total. The van der Waals surface area contributed by atoms with Crippen LogP contribution < -0.4 is 9.47 Å². The Kier molecular flexibility index (Phi) is 4.73. The molecule has 2 rings (SSSR count). The minimum atomic E-state index is -0.785. The van der Waals surface area contributed by atoms with Gasteiger partial charge in [-0.25, -0.2) is 0 Å². The molecule has 1 aliphatic heterocycles. The Hall–Kier alpha value is -1.46. The Morgan fingerprint density at radius 1 is 1.50 bits per heavy atom. The van der Waals surface area contributed by atoms with E-state index in [1.807, 2.05) is 19.1 Å². The van der Waals surface area contributed by atoms with E-state index in [4.69, 9.17) is 26.2 Å². The van der Waals surface area contributed by atoms with Crippen molar-refractivity contribution in [1.82, 2.24) is 4.90 Å². The van der Waals surface area contributed by atoms with Crippen molar-refractivity contribution in [1.29, 1.82) is 0 Å². The van der Waals surface area contributed by atoms with E-state index in [9.17, 15) is 4.79 Å². The minimum absolute atomic E-state index is 0.187. The maximum atomic E-state index is 10.9. The van der Waals surface area contributed by atoms with Crippen LogP contribution in [-0.4, -0.2) is 35.9 Å². The molecule has 0 saturated carbocycles. The molecule has 0 aromatic heterocycles. The van der Waals surface area contributed by atoms with Crippen LogP contribution in [0.5, 0.6) is 11.5 Å². The number of ether oxygens (including phenoxy) is 2. The van der Waals surface area contributed by atoms with Crippen molar-refractivity contribution >= 4 is 17.6 Å². The molecule has 0 amide bonds. The molecular formula is C14H18ClNO4. The first-order chi connectivity index (χ1) is 9.51. The van der Waals surface area contributed by atoms with Gasteiger partial charge in [0.05, 0.1) is 10.9 Å². The van der Waals surface area contributed by atoms with E-state index < -0.39 is 11.9 Å².